The van der Waals surface area contributed by atoms with E-state index in [0.717, 1.165) is 34.7 Å². The van der Waals surface area contributed by atoms with Gasteiger partial charge in [-0.3, -0.25) is 9.59 Å². The number of rotatable bonds is 7. The van der Waals surface area contributed by atoms with Crippen molar-refractivity contribution in [3.8, 4) is 0 Å². The molecule has 3 rings (SSSR count). The number of anilines is 1. The van der Waals surface area contributed by atoms with Crippen LogP contribution in [0, 0.1) is 0 Å². The molecule has 25 heavy (non-hydrogen) atoms. The molecule has 132 valence electrons. The van der Waals surface area contributed by atoms with Gasteiger partial charge in [-0.2, -0.15) is 16.9 Å². The van der Waals surface area contributed by atoms with Crippen LogP contribution in [0.2, 0.25) is 0 Å². The Kier molecular flexibility index (Phi) is 5.75. The Morgan fingerprint density at radius 1 is 1.20 bits per heavy atom. The van der Waals surface area contributed by atoms with Crippen LogP contribution in [-0.2, 0) is 34.1 Å². The van der Waals surface area contributed by atoms with E-state index in [-0.39, 0.29) is 18.4 Å². The van der Waals surface area contributed by atoms with Crippen molar-refractivity contribution in [3.63, 3.8) is 0 Å². The fourth-order valence-electron chi connectivity index (χ4n) is 2.73. The molecule has 2 N–H and O–H groups in total. The molecule has 2 heterocycles. The molecule has 0 saturated heterocycles. The summed E-state index contributed by atoms with van der Waals surface area (Å²) in [4.78, 5) is 24.5. The van der Waals surface area contributed by atoms with Crippen molar-refractivity contribution in [2.24, 2.45) is 0 Å². The average Bonchev–Trinajstić information content (AvgIpc) is 3.17. The molecule has 0 saturated carbocycles. The van der Waals surface area contributed by atoms with Gasteiger partial charge < -0.3 is 10.6 Å². The molecule has 0 radical (unpaired) electrons. The number of benzene rings is 1. The van der Waals surface area contributed by atoms with Crippen LogP contribution >= 0.6 is 11.8 Å². The van der Waals surface area contributed by atoms with Gasteiger partial charge in [0.25, 0.3) is 0 Å². The van der Waals surface area contributed by atoms with Crippen molar-refractivity contribution in [2.75, 3.05) is 11.9 Å². The van der Waals surface area contributed by atoms with Gasteiger partial charge in [0.15, 0.2) is 0 Å². The number of hydrogen-bond donors (Lipinski definition) is 2. The smallest absolute Gasteiger partial charge is 0.241 e. The predicted octanol–water partition coefficient (Wildman–Crippen LogP) is 2.34. The summed E-state index contributed by atoms with van der Waals surface area (Å²) in [5, 5.41) is 10.3. The molecule has 0 fully saturated rings. The van der Waals surface area contributed by atoms with E-state index in [4.69, 9.17) is 0 Å². The number of carbonyl (C=O) groups is 2. The Bertz CT molecular complexity index is 758. The summed E-state index contributed by atoms with van der Waals surface area (Å²) in [6.07, 6.45) is 1.19. The highest BCUT2D eigenvalue weighted by molar-refractivity contribution is 7.98. The first-order chi connectivity index (χ1) is 12.2. The fourth-order valence-corrected chi connectivity index (χ4v) is 3.77. The maximum atomic E-state index is 12.4. The Labute approximate surface area is 151 Å². The predicted molar refractivity (Wildman–Crippen MR) is 99.3 cm³/mol. The first-order valence-electron chi connectivity index (χ1n) is 8.44. The molecular formula is C18H22N4O2S. The number of nitrogens with one attached hydrogen (secondary N) is 2. The third-order valence-corrected chi connectivity index (χ3v) is 4.92. The second-order valence-corrected chi connectivity index (χ2v) is 6.97. The summed E-state index contributed by atoms with van der Waals surface area (Å²) in [5.74, 6) is 2.11. The summed E-state index contributed by atoms with van der Waals surface area (Å²) < 4.78 is 1.62. The third-order valence-electron chi connectivity index (χ3n) is 3.95. The lowest BCUT2D eigenvalue weighted by Gasteiger charge is -2.11. The average molecular weight is 358 g/mol. The fraction of sp³-hybridized carbons (Fsp3) is 0.389. The topological polar surface area (TPSA) is 76.0 Å². The van der Waals surface area contributed by atoms with Gasteiger partial charge >= 0.3 is 0 Å². The largest absolute Gasteiger partial charge is 0.355 e. The van der Waals surface area contributed by atoms with Crippen molar-refractivity contribution in [3.05, 3.63) is 47.2 Å². The first kappa shape index (κ1) is 17.5. The Morgan fingerprint density at radius 3 is 2.76 bits per heavy atom. The minimum Gasteiger partial charge on any atom is -0.355 e. The molecule has 0 aliphatic carbocycles. The van der Waals surface area contributed by atoms with Gasteiger partial charge in [0.05, 0.1) is 12.1 Å². The molecule has 6 nitrogen and oxygen atoms in total. The molecule has 0 spiro atoms. The van der Waals surface area contributed by atoms with E-state index in [1.165, 1.54) is 0 Å². The molecule has 1 aromatic heterocycles. The zero-order chi connectivity index (χ0) is 17.6. The molecule has 7 heteroatoms. The second kappa shape index (κ2) is 8.20. The zero-order valence-electron chi connectivity index (χ0n) is 14.2. The molecule has 2 amide bonds. The third kappa shape index (κ3) is 4.42. The number of nitrogens with zero attached hydrogens (tertiary/aromatic N) is 2. The van der Waals surface area contributed by atoms with Crippen LogP contribution in [0.1, 0.15) is 30.2 Å². The highest BCUT2D eigenvalue weighted by Crippen LogP contribution is 2.34. The number of carbonyl (C=O) groups excluding carboxylic acids is 2. The normalized spacial score (nSPS) is 12.7. The monoisotopic (exact) mass is 358 g/mol. The highest BCUT2D eigenvalue weighted by Gasteiger charge is 2.24. The lowest BCUT2D eigenvalue weighted by Crippen LogP contribution is -2.29. The van der Waals surface area contributed by atoms with E-state index >= 15 is 0 Å². The van der Waals surface area contributed by atoms with Gasteiger partial charge in [-0.05, 0) is 12.0 Å². The Morgan fingerprint density at radius 2 is 2.00 bits per heavy atom. The number of fused-ring (bicyclic) bond motifs is 1. The zero-order valence-corrected chi connectivity index (χ0v) is 15.1. The van der Waals surface area contributed by atoms with Crippen LogP contribution in [0.25, 0.3) is 0 Å². The van der Waals surface area contributed by atoms with Gasteiger partial charge in [0.2, 0.25) is 11.8 Å². The molecule has 2 aromatic rings. The van der Waals surface area contributed by atoms with Gasteiger partial charge in [-0.1, -0.05) is 37.3 Å². The van der Waals surface area contributed by atoms with E-state index < -0.39 is 0 Å². The summed E-state index contributed by atoms with van der Waals surface area (Å²) >= 11 is 1.77. The number of amides is 2. The van der Waals surface area contributed by atoms with Crippen LogP contribution in [0.5, 0.6) is 0 Å². The molecule has 0 bridgehead atoms. The summed E-state index contributed by atoms with van der Waals surface area (Å²) in [6, 6.07) is 9.61. The molecular weight excluding hydrogens is 336 g/mol. The summed E-state index contributed by atoms with van der Waals surface area (Å²) in [5.41, 5.74) is 2.95. The number of thioether (sulfide) groups is 1. The molecule has 1 aromatic carbocycles. The number of aromatic nitrogens is 2. The SMILES string of the molecule is CCCNC(=O)Cn1nc2c(c1NC(=O)Cc1ccccc1)CSC2. The van der Waals surface area contributed by atoms with Crippen molar-refractivity contribution in [1.82, 2.24) is 15.1 Å². The minimum atomic E-state index is -0.0963. The first-order valence-corrected chi connectivity index (χ1v) is 9.59. The van der Waals surface area contributed by atoms with Crippen LogP contribution in [0.4, 0.5) is 5.82 Å². The van der Waals surface area contributed by atoms with Crippen molar-refractivity contribution < 1.29 is 9.59 Å². The van der Waals surface area contributed by atoms with E-state index in [9.17, 15) is 9.59 Å². The van der Waals surface area contributed by atoms with E-state index in [0.29, 0.717) is 18.8 Å². The van der Waals surface area contributed by atoms with Crippen LogP contribution in [0.15, 0.2) is 30.3 Å². The minimum absolute atomic E-state index is 0.0887. The van der Waals surface area contributed by atoms with E-state index in [1.807, 2.05) is 37.3 Å². The standard InChI is InChI=1S/C18H22N4O2S/c1-2-8-19-17(24)10-22-18(14-11-25-12-15(14)21-22)20-16(23)9-13-6-4-3-5-7-13/h3-7H,2,8-12H2,1H3,(H,19,24)(H,20,23). The highest BCUT2D eigenvalue weighted by atomic mass is 32.2. The second-order valence-electron chi connectivity index (χ2n) is 5.98. The number of hydrogen-bond acceptors (Lipinski definition) is 4. The van der Waals surface area contributed by atoms with E-state index in [2.05, 4.69) is 15.7 Å². The maximum Gasteiger partial charge on any atom is 0.241 e. The van der Waals surface area contributed by atoms with Crippen LogP contribution in [-0.4, -0.2) is 28.1 Å². The lowest BCUT2D eigenvalue weighted by molar-refractivity contribution is -0.122. The van der Waals surface area contributed by atoms with Crippen molar-refractivity contribution >= 4 is 29.4 Å². The summed E-state index contributed by atoms with van der Waals surface area (Å²) in [6.45, 7) is 2.78. The molecule has 0 unspecified atom stereocenters. The van der Waals surface area contributed by atoms with Gasteiger partial charge in [-0.25, -0.2) is 4.68 Å². The Balaban J connectivity index is 1.73. The Hall–Kier alpha value is -2.28. The van der Waals surface area contributed by atoms with Crippen molar-refractivity contribution in [1.29, 1.82) is 0 Å². The van der Waals surface area contributed by atoms with Crippen LogP contribution in [0.3, 0.4) is 0 Å². The molecule has 1 aliphatic rings. The molecule has 1 aliphatic heterocycles. The van der Waals surface area contributed by atoms with Crippen LogP contribution < -0.4 is 10.6 Å². The quantitative estimate of drug-likeness (QED) is 0.796. The lowest BCUT2D eigenvalue weighted by atomic mass is 10.1. The van der Waals surface area contributed by atoms with Crippen molar-refractivity contribution in [2.45, 2.75) is 37.8 Å². The van der Waals surface area contributed by atoms with E-state index in [1.54, 1.807) is 16.4 Å². The summed E-state index contributed by atoms with van der Waals surface area (Å²) in [7, 11) is 0. The van der Waals surface area contributed by atoms with Gasteiger partial charge in [-0.15, -0.1) is 0 Å². The van der Waals surface area contributed by atoms with Gasteiger partial charge in [0.1, 0.15) is 12.4 Å². The maximum absolute atomic E-state index is 12.4. The van der Waals surface area contributed by atoms with Gasteiger partial charge in [0, 0.05) is 23.6 Å². The molecule has 0 atom stereocenters.